The van der Waals surface area contributed by atoms with Gasteiger partial charge in [0.25, 0.3) is 5.91 Å². The van der Waals surface area contributed by atoms with Crippen LogP contribution in [0.4, 0.5) is 19.0 Å². The first kappa shape index (κ1) is 24.9. The standard InChI is InChI=1S/C25H29F3N4O3/c1-16(33)6-5-12-31-13-11-22(30-31)29-23(34)21(14-17-7-2-3-8-17)32-15-19-18(24(32)35)9-4-10-20(19)25(26,27)28/h4,9-11,13,17,21H,2-3,5-8,12,14-15H2,1H3,(H,29,30,34)/t21-/m0/s1. The predicted molar refractivity (Wildman–Crippen MR) is 122 cm³/mol. The molecule has 35 heavy (non-hydrogen) atoms. The summed E-state index contributed by atoms with van der Waals surface area (Å²) in [7, 11) is 0. The monoisotopic (exact) mass is 490 g/mol. The predicted octanol–water partition coefficient (Wildman–Crippen LogP) is 4.81. The average Bonchev–Trinajstić information content (AvgIpc) is 3.52. The Morgan fingerprint density at radius 3 is 2.63 bits per heavy atom. The van der Waals surface area contributed by atoms with Crippen molar-refractivity contribution in [3.05, 3.63) is 47.2 Å². The molecule has 0 spiro atoms. The van der Waals surface area contributed by atoms with Crippen LogP contribution in [0.15, 0.2) is 30.5 Å². The second kappa shape index (κ2) is 10.2. The van der Waals surface area contributed by atoms with Crippen molar-refractivity contribution < 1.29 is 27.6 Å². The molecule has 1 saturated carbocycles. The summed E-state index contributed by atoms with van der Waals surface area (Å²) in [5.41, 5.74) is -0.919. The number of hydrogen-bond donors (Lipinski definition) is 1. The minimum atomic E-state index is -4.58. The lowest BCUT2D eigenvalue weighted by Crippen LogP contribution is -2.45. The Morgan fingerprint density at radius 1 is 1.20 bits per heavy atom. The van der Waals surface area contributed by atoms with E-state index in [9.17, 15) is 27.6 Å². The van der Waals surface area contributed by atoms with Gasteiger partial charge in [-0.2, -0.15) is 18.3 Å². The van der Waals surface area contributed by atoms with E-state index >= 15 is 0 Å². The summed E-state index contributed by atoms with van der Waals surface area (Å²) in [6, 6.07) is 4.32. The Hall–Kier alpha value is -3.17. The number of aromatic nitrogens is 2. The molecule has 0 bridgehead atoms. The van der Waals surface area contributed by atoms with Crippen molar-refractivity contribution in [2.75, 3.05) is 5.32 Å². The number of Topliss-reactive ketones (excluding diaryl/α,β-unsaturated/α-hetero) is 1. The number of nitrogens with one attached hydrogen (secondary N) is 1. The van der Waals surface area contributed by atoms with Crippen LogP contribution in [0.1, 0.15) is 73.4 Å². The molecule has 2 heterocycles. The van der Waals surface area contributed by atoms with E-state index in [2.05, 4.69) is 10.4 Å². The number of aryl methyl sites for hydroxylation is 1. The number of hydrogen-bond acceptors (Lipinski definition) is 4. The number of amides is 2. The van der Waals surface area contributed by atoms with E-state index < -0.39 is 29.6 Å². The van der Waals surface area contributed by atoms with Crippen LogP contribution in [0, 0.1) is 5.92 Å². The minimum absolute atomic E-state index is 0.00111. The van der Waals surface area contributed by atoms with E-state index in [-0.39, 0.29) is 29.4 Å². The molecule has 2 aliphatic rings. The number of halogens is 3. The van der Waals surface area contributed by atoms with Gasteiger partial charge in [0.2, 0.25) is 5.91 Å². The van der Waals surface area contributed by atoms with E-state index in [1.54, 1.807) is 16.9 Å². The first-order valence-corrected chi connectivity index (χ1v) is 12.0. The zero-order valence-electron chi connectivity index (χ0n) is 19.6. The summed E-state index contributed by atoms with van der Waals surface area (Å²) < 4.78 is 42.3. The van der Waals surface area contributed by atoms with Gasteiger partial charge < -0.3 is 15.0 Å². The zero-order valence-corrected chi connectivity index (χ0v) is 19.6. The maximum absolute atomic E-state index is 13.6. The summed E-state index contributed by atoms with van der Waals surface area (Å²) in [6.07, 6.45) is 2.49. The molecule has 7 nitrogen and oxygen atoms in total. The van der Waals surface area contributed by atoms with E-state index in [0.29, 0.717) is 31.6 Å². The molecule has 1 aromatic carbocycles. The van der Waals surface area contributed by atoms with E-state index in [0.717, 1.165) is 31.7 Å². The summed E-state index contributed by atoms with van der Waals surface area (Å²) in [5, 5.41) is 7.06. The lowest BCUT2D eigenvalue weighted by atomic mass is 9.96. The van der Waals surface area contributed by atoms with Crippen LogP contribution in [-0.2, 0) is 28.9 Å². The van der Waals surface area contributed by atoms with E-state index in [1.807, 2.05) is 0 Å². The van der Waals surface area contributed by atoms with Gasteiger partial charge in [-0.05, 0) is 43.4 Å². The highest BCUT2D eigenvalue weighted by Gasteiger charge is 2.43. The smallest absolute Gasteiger partial charge is 0.322 e. The number of benzene rings is 1. The van der Waals surface area contributed by atoms with Crippen LogP contribution >= 0.6 is 0 Å². The molecule has 0 unspecified atom stereocenters. The van der Waals surface area contributed by atoms with Gasteiger partial charge in [0.05, 0.1) is 5.56 Å². The number of nitrogens with zero attached hydrogens (tertiary/aromatic N) is 3. The van der Waals surface area contributed by atoms with Crippen molar-refractivity contribution in [3.63, 3.8) is 0 Å². The van der Waals surface area contributed by atoms with Crippen molar-refractivity contribution in [1.29, 1.82) is 0 Å². The zero-order chi connectivity index (χ0) is 25.2. The number of rotatable bonds is 9. The Kier molecular flexibility index (Phi) is 7.28. The third kappa shape index (κ3) is 5.74. The highest BCUT2D eigenvalue weighted by molar-refractivity contribution is 6.03. The van der Waals surface area contributed by atoms with Gasteiger partial charge in [-0.25, -0.2) is 0 Å². The quantitative estimate of drug-likeness (QED) is 0.547. The third-order valence-electron chi connectivity index (χ3n) is 6.82. The van der Waals surface area contributed by atoms with Crippen molar-refractivity contribution >= 4 is 23.4 Å². The Morgan fingerprint density at radius 2 is 1.94 bits per heavy atom. The Bertz CT molecular complexity index is 1110. The number of anilines is 1. The molecule has 2 aromatic rings. The van der Waals surface area contributed by atoms with Crippen LogP contribution in [-0.4, -0.2) is 38.3 Å². The fourth-order valence-electron chi connectivity index (χ4n) is 5.06. The molecule has 1 aliphatic heterocycles. The second-order valence-corrected chi connectivity index (χ2v) is 9.42. The summed E-state index contributed by atoms with van der Waals surface area (Å²) >= 11 is 0. The Labute approximate surface area is 201 Å². The second-order valence-electron chi connectivity index (χ2n) is 9.42. The molecule has 1 atom stereocenters. The molecule has 0 saturated heterocycles. The topological polar surface area (TPSA) is 84.3 Å². The highest BCUT2D eigenvalue weighted by Crippen LogP contribution is 2.39. The number of carbonyl (C=O) groups excluding carboxylic acids is 3. The molecule has 4 rings (SSSR count). The lowest BCUT2D eigenvalue weighted by molar-refractivity contribution is -0.138. The first-order chi connectivity index (χ1) is 16.6. The molecule has 10 heteroatoms. The van der Waals surface area contributed by atoms with Crippen molar-refractivity contribution in [1.82, 2.24) is 14.7 Å². The summed E-state index contributed by atoms with van der Waals surface area (Å²) in [4.78, 5) is 38.9. The number of alkyl halides is 3. The minimum Gasteiger partial charge on any atom is -0.322 e. The van der Waals surface area contributed by atoms with Crippen LogP contribution in [0.5, 0.6) is 0 Å². The van der Waals surface area contributed by atoms with E-state index in [4.69, 9.17) is 0 Å². The van der Waals surface area contributed by atoms with Crippen LogP contribution in [0.2, 0.25) is 0 Å². The molecule has 1 fully saturated rings. The SMILES string of the molecule is CC(=O)CCCn1ccc(NC(=O)[C@H](CC2CCCC2)N2Cc3c(cccc3C(F)(F)F)C2=O)n1. The number of carbonyl (C=O) groups is 3. The van der Waals surface area contributed by atoms with Crippen molar-refractivity contribution in [2.45, 2.75) is 77.2 Å². The van der Waals surface area contributed by atoms with E-state index in [1.165, 1.54) is 24.0 Å². The van der Waals surface area contributed by atoms with Gasteiger partial charge in [0, 0.05) is 37.3 Å². The highest BCUT2D eigenvalue weighted by atomic mass is 19.4. The van der Waals surface area contributed by atoms with Crippen molar-refractivity contribution in [2.24, 2.45) is 5.92 Å². The lowest BCUT2D eigenvalue weighted by Gasteiger charge is -2.29. The largest absolute Gasteiger partial charge is 0.416 e. The van der Waals surface area contributed by atoms with Crippen molar-refractivity contribution in [3.8, 4) is 0 Å². The third-order valence-corrected chi connectivity index (χ3v) is 6.82. The number of ketones is 1. The van der Waals surface area contributed by atoms with Gasteiger partial charge >= 0.3 is 6.18 Å². The van der Waals surface area contributed by atoms with Gasteiger partial charge in [0.15, 0.2) is 5.82 Å². The maximum Gasteiger partial charge on any atom is 0.416 e. The Balaban J connectivity index is 1.53. The molecule has 1 aromatic heterocycles. The molecular weight excluding hydrogens is 461 g/mol. The summed E-state index contributed by atoms with van der Waals surface area (Å²) in [6.45, 7) is 1.78. The van der Waals surface area contributed by atoms with Gasteiger partial charge in [0.1, 0.15) is 11.8 Å². The molecule has 188 valence electrons. The molecular formula is C25H29F3N4O3. The van der Waals surface area contributed by atoms with Gasteiger partial charge in [-0.1, -0.05) is 31.7 Å². The molecule has 2 amide bonds. The van der Waals surface area contributed by atoms with Gasteiger partial charge in [-0.3, -0.25) is 14.3 Å². The number of fused-ring (bicyclic) bond motifs is 1. The average molecular weight is 491 g/mol. The molecule has 1 N–H and O–H groups in total. The molecule has 0 radical (unpaired) electrons. The fourth-order valence-corrected chi connectivity index (χ4v) is 5.06. The fraction of sp³-hybridized carbons (Fsp3) is 0.520. The normalized spacial score (nSPS) is 17.0. The molecule has 1 aliphatic carbocycles. The van der Waals surface area contributed by atoms with Crippen LogP contribution in [0.25, 0.3) is 0 Å². The van der Waals surface area contributed by atoms with Crippen LogP contribution < -0.4 is 5.32 Å². The van der Waals surface area contributed by atoms with Gasteiger partial charge in [-0.15, -0.1) is 0 Å². The first-order valence-electron chi connectivity index (χ1n) is 12.0. The maximum atomic E-state index is 13.6. The summed E-state index contributed by atoms with van der Waals surface area (Å²) in [5.74, 6) is -0.395. The van der Waals surface area contributed by atoms with Crippen LogP contribution in [0.3, 0.4) is 0 Å².